The Morgan fingerprint density at radius 3 is 1.91 bits per heavy atom. The van der Waals surface area contributed by atoms with Crippen LogP contribution in [0.2, 0.25) is 0 Å². The zero-order valence-corrected chi connectivity index (χ0v) is 18.6. The van der Waals surface area contributed by atoms with Gasteiger partial charge in [0.25, 0.3) is 0 Å². The van der Waals surface area contributed by atoms with Crippen LogP contribution < -0.4 is 27.4 Å². The van der Waals surface area contributed by atoms with E-state index in [0.717, 1.165) is 0 Å². The molecule has 3 amide bonds. The van der Waals surface area contributed by atoms with Crippen molar-refractivity contribution < 1.29 is 24.3 Å². The predicted octanol–water partition coefficient (Wildman–Crippen LogP) is -2.46. The first-order valence-electron chi connectivity index (χ1n) is 10.8. The summed E-state index contributed by atoms with van der Waals surface area (Å²) in [6, 6.07) is -3.32. The molecule has 0 saturated heterocycles. The molecule has 3 unspecified atom stereocenters. The number of aliphatic carboxylic acids is 1. The van der Waals surface area contributed by atoms with Crippen LogP contribution in [0.25, 0.3) is 0 Å². The number of hydrogen-bond acceptors (Lipinski definition) is 8. The van der Waals surface area contributed by atoms with E-state index >= 15 is 0 Å². The molecular weight excluding hydrogens is 446 g/mol. The van der Waals surface area contributed by atoms with Crippen molar-refractivity contribution in [1.29, 1.82) is 0 Å². The maximum atomic E-state index is 13.0. The Hall–Kier alpha value is -3.78. The number of aromatic amines is 2. The third-order valence-corrected chi connectivity index (χ3v) is 4.99. The van der Waals surface area contributed by atoms with Gasteiger partial charge < -0.3 is 42.5 Å². The number of imidazole rings is 2. The number of carboxylic acid groups (broad SMARTS) is 1. The average molecular weight is 478 g/mol. The van der Waals surface area contributed by atoms with E-state index in [2.05, 4.69) is 35.9 Å². The van der Waals surface area contributed by atoms with Crippen LogP contribution in [0.4, 0.5) is 0 Å². The fourth-order valence-corrected chi connectivity index (χ4v) is 3.20. The standard InChI is InChI=1S/C20H31N9O5/c21-4-2-1-3-14(27-17(30)7-22)18(31)28-15(5-12-8-23-10-25-12)19(32)29-16(20(33)34)6-13-9-24-11-26-13/h8-11,14-16H,1-7,21-22H2,(H,23,25)(H,24,26)(H,27,30)(H,28,31)(H,29,32)(H,33,34). The number of aromatic nitrogens is 4. The number of rotatable bonds is 15. The molecule has 34 heavy (non-hydrogen) atoms. The Labute approximate surface area is 195 Å². The SMILES string of the molecule is NCCCCC(NC(=O)CN)C(=O)NC(Cc1cnc[nH]1)C(=O)NC(Cc1cnc[nH]1)C(=O)O. The second-order valence-electron chi connectivity index (χ2n) is 7.63. The molecule has 0 fully saturated rings. The number of nitrogens with zero attached hydrogens (tertiary/aromatic N) is 2. The van der Waals surface area contributed by atoms with Crippen LogP contribution in [-0.2, 0) is 32.0 Å². The molecule has 2 heterocycles. The number of H-pyrrole nitrogens is 2. The lowest BCUT2D eigenvalue weighted by molar-refractivity contribution is -0.142. The minimum atomic E-state index is -1.26. The smallest absolute Gasteiger partial charge is 0.326 e. The highest BCUT2D eigenvalue weighted by Gasteiger charge is 2.30. The van der Waals surface area contributed by atoms with Gasteiger partial charge in [0.15, 0.2) is 0 Å². The van der Waals surface area contributed by atoms with Gasteiger partial charge in [-0.3, -0.25) is 14.4 Å². The van der Waals surface area contributed by atoms with Crippen molar-refractivity contribution in [2.75, 3.05) is 13.1 Å². The van der Waals surface area contributed by atoms with E-state index in [1.807, 2.05) is 0 Å². The summed E-state index contributed by atoms with van der Waals surface area (Å²) in [6.45, 7) is 0.129. The summed E-state index contributed by atoms with van der Waals surface area (Å²) in [4.78, 5) is 62.9. The number of carboxylic acids is 1. The Balaban J connectivity index is 2.15. The van der Waals surface area contributed by atoms with Crippen molar-refractivity contribution in [3.63, 3.8) is 0 Å². The van der Waals surface area contributed by atoms with Gasteiger partial charge in [-0.25, -0.2) is 14.8 Å². The van der Waals surface area contributed by atoms with Crippen LogP contribution in [0.5, 0.6) is 0 Å². The molecule has 0 aliphatic rings. The van der Waals surface area contributed by atoms with Crippen LogP contribution in [0.3, 0.4) is 0 Å². The summed E-state index contributed by atoms with van der Waals surface area (Å²) in [5.74, 6) is -3.07. The quantitative estimate of drug-likeness (QED) is 0.127. The summed E-state index contributed by atoms with van der Waals surface area (Å²) in [5, 5.41) is 17.2. The highest BCUT2D eigenvalue weighted by Crippen LogP contribution is 2.06. The largest absolute Gasteiger partial charge is 0.480 e. The van der Waals surface area contributed by atoms with Crippen molar-refractivity contribution >= 4 is 23.7 Å². The molecular formula is C20H31N9O5. The lowest BCUT2D eigenvalue weighted by atomic mass is 10.1. The summed E-state index contributed by atoms with van der Waals surface area (Å²) < 4.78 is 0. The molecule has 0 aliphatic heterocycles. The molecule has 3 atom stereocenters. The first kappa shape index (κ1) is 26.5. The lowest BCUT2D eigenvalue weighted by Crippen LogP contribution is -2.57. The Kier molecular flexibility index (Phi) is 10.7. The predicted molar refractivity (Wildman–Crippen MR) is 120 cm³/mol. The minimum absolute atomic E-state index is 0.0221. The van der Waals surface area contributed by atoms with Gasteiger partial charge in [0, 0.05) is 36.6 Å². The molecule has 2 aromatic heterocycles. The highest BCUT2D eigenvalue weighted by atomic mass is 16.4. The van der Waals surface area contributed by atoms with Crippen molar-refractivity contribution in [1.82, 2.24) is 35.9 Å². The Morgan fingerprint density at radius 1 is 0.853 bits per heavy atom. The molecule has 2 aromatic rings. The van der Waals surface area contributed by atoms with Crippen LogP contribution in [0.15, 0.2) is 25.0 Å². The summed E-state index contributed by atoms with van der Waals surface area (Å²) in [6.07, 6.45) is 7.27. The van der Waals surface area contributed by atoms with Crippen LogP contribution in [0.1, 0.15) is 30.7 Å². The monoisotopic (exact) mass is 477 g/mol. The number of nitrogens with two attached hydrogens (primary N) is 2. The van der Waals surface area contributed by atoms with E-state index in [0.29, 0.717) is 37.2 Å². The molecule has 0 aliphatic carbocycles. The lowest BCUT2D eigenvalue weighted by Gasteiger charge is -2.24. The molecule has 2 rings (SSSR count). The van der Waals surface area contributed by atoms with Crippen LogP contribution in [-0.4, -0.2) is 79.9 Å². The normalized spacial score (nSPS) is 13.5. The maximum absolute atomic E-state index is 13.0. The van der Waals surface area contributed by atoms with Gasteiger partial charge in [-0.2, -0.15) is 0 Å². The number of carbonyl (C=O) groups excluding carboxylic acids is 3. The summed E-state index contributed by atoms with van der Waals surface area (Å²) in [5.41, 5.74) is 11.9. The molecule has 0 bridgehead atoms. The van der Waals surface area contributed by atoms with Gasteiger partial charge in [0.1, 0.15) is 18.1 Å². The number of carbonyl (C=O) groups is 4. The zero-order valence-electron chi connectivity index (χ0n) is 18.6. The molecule has 10 N–H and O–H groups in total. The fourth-order valence-electron chi connectivity index (χ4n) is 3.20. The third kappa shape index (κ3) is 8.63. The number of hydrogen-bond donors (Lipinski definition) is 8. The van der Waals surface area contributed by atoms with E-state index in [1.165, 1.54) is 25.0 Å². The van der Waals surface area contributed by atoms with Gasteiger partial charge in [0.2, 0.25) is 17.7 Å². The average Bonchev–Trinajstić information content (AvgIpc) is 3.51. The number of unbranched alkanes of at least 4 members (excludes halogenated alkanes) is 1. The third-order valence-electron chi connectivity index (χ3n) is 4.99. The second-order valence-corrected chi connectivity index (χ2v) is 7.63. The van der Waals surface area contributed by atoms with E-state index in [9.17, 15) is 24.3 Å². The summed E-state index contributed by atoms with van der Waals surface area (Å²) >= 11 is 0. The molecule has 0 spiro atoms. The summed E-state index contributed by atoms with van der Waals surface area (Å²) in [7, 11) is 0. The van der Waals surface area contributed by atoms with E-state index < -0.39 is 41.8 Å². The fraction of sp³-hybridized carbons (Fsp3) is 0.500. The van der Waals surface area contributed by atoms with E-state index in [4.69, 9.17) is 11.5 Å². The van der Waals surface area contributed by atoms with Gasteiger partial charge in [-0.15, -0.1) is 0 Å². The first-order chi connectivity index (χ1) is 16.3. The maximum Gasteiger partial charge on any atom is 0.326 e. The first-order valence-corrected chi connectivity index (χ1v) is 10.8. The molecule has 0 aromatic carbocycles. The number of amides is 3. The van der Waals surface area contributed by atoms with Crippen molar-refractivity contribution in [2.24, 2.45) is 11.5 Å². The highest BCUT2D eigenvalue weighted by molar-refractivity contribution is 5.93. The van der Waals surface area contributed by atoms with Gasteiger partial charge in [-0.1, -0.05) is 0 Å². The molecule has 186 valence electrons. The van der Waals surface area contributed by atoms with Gasteiger partial charge in [0.05, 0.1) is 19.2 Å². The van der Waals surface area contributed by atoms with Gasteiger partial charge >= 0.3 is 5.97 Å². The van der Waals surface area contributed by atoms with E-state index in [-0.39, 0.29) is 19.4 Å². The minimum Gasteiger partial charge on any atom is -0.480 e. The topological polar surface area (TPSA) is 234 Å². The molecule has 0 saturated carbocycles. The van der Waals surface area contributed by atoms with Crippen molar-refractivity contribution in [3.8, 4) is 0 Å². The second kappa shape index (κ2) is 13.7. The van der Waals surface area contributed by atoms with Crippen molar-refractivity contribution in [2.45, 2.75) is 50.2 Å². The van der Waals surface area contributed by atoms with E-state index in [1.54, 1.807) is 0 Å². The molecule has 0 radical (unpaired) electrons. The van der Waals surface area contributed by atoms with Crippen molar-refractivity contribution in [3.05, 3.63) is 36.4 Å². The Bertz CT molecular complexity index is 917. The van der Waals surface area contributed by atoms with Crippen LogP contribution >= 0.6 is 0 Å². The van der Waals surface area contributed by atoms with Crippen LogP contribution in [0, 0.1) is 0 Å². The number of nitrogens with one attached hydrogen (secondary N) is 5. The molecule has 14 nitrogen and oxygen atoms in total. The zero-order chi connectivity index (χ0) is 24.9. The molecule has 14 heteroatoms. The Morgan fingerprint density at radius 2 is 1.41 bits per heavy atom. The van der Waals surface area contributed by atoms with Gasteiger partial charge in [-0.05, 0) is 25.8 Å².